The molecule has 0 aliphatic carbocycles. The fourth-order valence-electron chi connectivity index (χ4n) is 1.28. The molecule has 1 aromatic rings. The monoisotopic (exact) mass is 250 g/mol. The lowest BCUT2D eigenvalue weighted by Gasteiger charge is -2.04. The molecular weight excluding hydrogens is 240 g/mol. The van der Waals surface area contributed by atoms with Crippen molar-refractivity contribution in [3.8, 4) is 0 Å². The van der Waals surface area contributed by atoms with Crippen LogP contribution in [0.25, 0.3) is 0 Å². The number of hydrogen-bond acceptors (Lipinski definition) is 6. The highest BCUT2D eigenvalue weighted by molar-refractivity contribution is 5.96. The quantitative estimate of drug-likeness (QED) is 0.431. The lowest BCUT2D eigenvalue weighted by Crippen LogP contribution is -3.07. The van der Waals surface area contributed by atoms with Crippen LogP contribution in [0, 0.1) is 0 Å². The van der Waals surface area contributed by atoms with Crippen molar-refractivity contribution >= 4 is 23.6 Å². The summed E-state index contributed by atoms with van der Waals surface area (Å²) in [4.78, 5) is 18.6. The molecule has 0 amide bonds. The minimum Gasteiger partial charge on any atom is -0.861 e. The first-order valence-electron chi connectivity index (χ1n) is 5.05. The van der Waals surface area contributed by atoms with Gasteiger partial charge in [0.1, 0.15) is 0 Å². The molecule has 2 rings (SSSR count). The van der Waals surface area contributed by atoms with E-state index in [1.54, 1.807) is 12.1 Å². The van der Waals surface area contributed by atoms with Gasteiger partial charge in [-0.25, -0.2) is 4.99 Å². The third kappa shape index (κ3) is 3.03. The second kappa shape index (κ2) is 5.25. The average Bonchev–Trinajstić information content (AvgIpc) is 2.77. The normalized spacial score (nSPS) is 19.2. The number of hydrogen-bond donors (Lipinski definition) is 3. The third-order valence-corrected chi connectivity index (χ3v) is 2.02. The number of nitrogens with zero attached hydrogens (tertiary/aromatic N) is 2. The van der Waals surface area contributed by atoms with E-state index in [4.69, 9.17) is 9.94 Å². The lowest BCUT2D eigenvalue weighted by molar-refractivity contribution is -0.903. The van der Waals surface area contributed by atoms with Crippen LogP contribution in [0.15, 0.2) is 40.4 Å². The van der Waals surface area contributed by atoms with Gasteiger partial charge >= 0.3 is 12.0 Å². The Kier molecular flexibility index (Phi) is 3.51. The summed E-state index contributed by atoms with van der Waals surface area (Å²) in [5, 5.41) is 23.9. The van der Waals surface area contributed by atoms with E-state index in [1.165, 1.54) is 0 Å². The maximum atomic E-state index is 11.1. The fourth-order valence-corrected chi connectivity index (χ4v) is 1.28. The van der Waals surface area contributed by atoms with Gasteiger partial charge in [0.25, 0.3) is 0 Å². The zero-order chi connectivity index (χ0) is 13.0. The van der Waals surface area contributed by atoms with Crippen molar-refractivity contribution in [1.29, 1.82) is 0 Å². The average molecular weight is 250 g/mol. The Morgan fingerprint density at radius 2 is 2.22 bits per heavy atom. The molecule has 0 fully saturated rings. The smallest absolute Gasteiger partial charge is 0.392 e. The second-order valence-corrected chi connectivity index (χ2v) is 3.39. The highest BCUT2D eigenvalue weighted by Gasteiger charge is 2.22. The molecule has 1 atom stereocenters. The van der Waals surface area contributed by atoms with Crippen LogP contribution in [0.4, 0.5) is 5.69 Å². The van der Waals surface area contributed by atoms with Crippen LogP contribution in [0.3, 0.4) is 0 Å². The van der Waals surface area contributed by atoms with E-state index in [-0.39, 0.29) is 6.02 Å². The summed E-state index contributed by atoms with van der Waals surface area (Å²) in [6.45, 7) is 0. The highest BCUT2D eigenvalue weighted by Crippen LogP contribution is 1.99. The van der Waals surface area contributed by atoms with E-state index in [9.17, 15) is 9.90 Å². The maximum Gasteiger partial charge on any atom is 0.392 e. The van der Waals surface area contributed by atoms with Crippen LogP contribution in [-0.2, 0) is 9.63 Å². The number of aliphatic imine (C=N–C) groups is 1. The van der Waals surface area contributed by atoms with E-state index < -0.39 is 18.3 Å². The van der Waals surface area contributed by atoms with Gasteiger partial charge in [0.15, 0.2) is 5.69 Å². The topological polar surface area (TPSA) is 111 Å². The van der Waals surface area contributed by atoms with E-state index in [1.807, 2.05) is 18.2 Å². The number of rotatable bonds is 3. The van der Waals surface area contributed by atoms with Crippen molar-refractivity contribution < 1.29 is 25.0 Å². The molecule has 3 N–H and O–H groups in total. The summed E-state index contributed by atoms with van der Waals surface area (Å²) >= 11 is 0. The van der Waals surface area contributed by atoms with E-state index >= 15 is 0 Å². The Labute approximate surface area is 102 Å². The Hall–Kier alpha value is -2.45. The first-order chi connectivity index (χ1) is 8.65. The zero-order valence-corrected chi connectivity index (χ0v) is 9.16. The maximum absolute atomic E-state index is 11.1. The van der Waals surface area contributed by atoms with Crippen LogP contribution in [-0.4, -0.2) is 23.0 Å². The Morgan fingerprint density at radius 3 is 2.89 bits per heavy atom. The van der Waals surface area contributed by atoms with Gasteiger partial charge in [-0.3, -0.25) is 4.79 Å². The van der Waals surface area contributed by atoms with E-state index in [0.29, 0.717) is 5.12 Å². The van der Waals surface area contributed by atoms with E-state index in [2.05, 4.69) is 15.7 Å². The molecule has 8 nitrogen and oxygen atoms in total. The van der Waals surface area contributed by atoms with Gasteiger partial charge in [-0.15, -0.1) is 0 Å². The molecule has 1 aromatic carbocycles. The molecule has 8 heteroatoms. The van der Waals surface area contributed by atoms with Crippen LogP contribution < -0.4 is 15.8 Å². The number of para-hydroxylation sites is 1. The van der Waals surface area contributed by atoms with Gasteiger partial charge in [0.05, 0.1) is 6.42 Å². The highest BCUT2D eigenvalue weighted by atomic mass is 16.7. The minimum atomic E-state index is -1.25. The van der Waals surface area contributed by atoms with Crippen molar-refractivity contribution in [3.05, 3.63) is 30.3 Å². The van der Waals surface area contributed by atoms with Gasteiger partial charge < -0.3 is 15.1 Å². The van der Waals surface area contributed by atoms with Crippen molar-refractivity contribution in [2.75, 3.05) is 0 Å². The molecule has 18 heavy (non-hydrogen) atoms. The van der Waals surface area contributed by atoms with E-state index in [0.717, 1.165) is 5.69 Å². The molecule has 0 saturated carbocycles. The number of quaternary nitrogens is 1. The van der Waals surface area contributed by atoms with Gasteiger partial charge in [0.2, 0.25) is 0 Å². The summed E-state index contributed by atoms with van der Waals surface area (Å²) in [6.07, 6.45) is -0.691. The van der Waals surface area contributed by atoms with Gasteiger partial charge in [-0.1, -0.05) is 23.3 Å². The predicted octanol–water partition coefficient (Wildman–Crippen LogP) is -1.84. The second-order valence-electron chi connectivity index (χ2n) is 3.39. The van der Waals surface area contributed by atoms with Crippen molar-refractivity contribution in [3.63, 3.8) is 0 Å². The summed E-state index contributed by atoms with van der Waals surface area (Å²) in [5.74, 6) is -2.07. The fraction of sp³-hybridized carbons (Fsp3) is 0.100. The van der Waals surface area contributed by atoms with Crippen molar-refractivity contribution in [1.82, 2.24) is 5.59 Å². The molecule has 0 saturated heterocycles. The molecule has 0 radical (unpaired) electrons. The van der Waals surface area contributed by atoms with Crippen molar-refractivity contribution in [2.45, 2.75) is 6.42 Å². The lowest BCUT2D eigenvalue weighted by atomic mass is 10.3. The van der Waals surface area contributed by atoms with Gasteiger partial charge in [0, 0.05) is 22.8 Å². The number of carbonyl (C=O) groups is 1. The Balaban J connectivity index is 2.07. The molecule has 0 bridgehead atoms. The molecular formula is C10H10N4O4. The van der Waals surface area contributed by atoms with Crippen LogP contribution in [0.1, 0.15) is 6.42 Å². The van der Waals surface area contributed by atoms with Crippen LogP contribution in [0.5, 0.6) is 0 Å². The Morgan fingerprint density at radius 1 is 1.50 bits per heavy atom. The number of carboxylic acid groups (broad SMARTS) is 1. The van der Waals surface area contributed by atoms with Gasteiger partial charge in [-0.2, -0.15) is 0 Å². The summed E-state index contributed by atoms with van der Waals surface area (Å²) in [6, 6.07) is 8.91. The summed E-state index contributed by atoms with van der Waals surface area (Å²) in [7, 11) is 0. The number of nitrogens with one attached hydrogen (secondary N) is 2. The third-order valence-electron chi connectivity index (χ3n) is 2.02. The standard InChI is InChI=1S/C10H10N4O4/c15-8(6-9(16)17)11-10-12-14(13-18-10)7-4-2-1-3-5-7/h1-5,13H,6H2,(H,16,17)(H,11,12,15). The molecule has 1 aliphatic heterocycles. The number of aliphatic carboxylic acids is 1. The summed E-state index contributed by atoms with van der Waals surface area (Å²) < 4.78 is 0. The molecule has 94 valence electrons. The van der Waals surface area contributed by atoms with Crippen LogP contribution in [0.2, 0.25) is 0 Å². The largest absolute Gasteiger partial charge is 0.861 e. The van der Waals surface area contributed by atoms with Crippen LogP contribution >= 0.6 is 0 Å². The number of carboxylic acids is 1. The first-order valence-corrected chi connectivity index (χ1v) is 5.05. The molecule has 1 unspecified atom stereocenters. The molecule has 0 spiro atoms. The predicted molar refractivity (Wildman–Crippen MR) is 58.4 cm³/mol. The molecule has 1 aliphatic rings. The molecule has 1 heterocycles. The molecule has 0 aromatic heterocycles. The number of amidine groups is 1. The SMILES string of the molecule is O=C(O)C/C([O-])=N/C1=N[NH+](c2ccccc2)NO1. The van der Waals surface area contributed by atoms with Gasteiger partial charge in [-0.05, 0) is 5.90 Å². The first kappa shape index (κ1) is 12.0. The van der Waals surface area contributed by atoms with Crippen molar-refractivity contribution in [2.24, 2.45) is 10.1 Å². The minimum absolute atomic E-state index is 0.194. The summed E-state index contributed by atoms with van der Waals surface area (Å²) in [5.41, 5.74) is 3.27. The Bertz CT molecular complexity index is 500. The number of benzene rings is 1. The zero-order valence-electron chi connectivity index (χ0n) is 9.16.